The summed E-state index contributed by atoms with van der Waals surface area (Å²) in [5.41, 5.74) is 9.89. The number of rotatable bonds is 7. The van der Waals surface area contributed by atoms with Crippen LogP contribution in [0.4, 0.5) is 5.82 Å². The molecule has 30 heavy (non-hydrogen) atoms. The fourth-order valence-electron chi connectivity index (χ4n) is 3.69. The van der Waals surface area contributed by atoms with Crippen LogP contribution in [0.2, 0.25) is 0 Å². The summed E-state index contributed by atoms with van der Waals surface area (Å²) < 4.78 is 30.6. The van der Waals surface area contributed by atoms with Gasteiger partial charge in [0.1, 0.15) is 6.33 Å². The molecule has 1 saturated carbocycles. The number of nitrogens with two attached hydrogens (primary N) is 1. The van der Waals surface area contributed by atoms with Crippen molar-refractivity contribution >= 4 is 61.4 Å². The highest BCUT2D eigenvalue weighted by molar-refractivity contribution is 14.1. The molecule has 3 aromatic rings. The van der Waals surface area contributed by atoms with E-state index in [1.54, 1.807) is 0 Å². The Kier molecular flexibility index (Phi) is 5.40. The van der Waals surface area contributed by atoms with Crippen LogP contribution in [0.3, 0.4) is 0 Å². The Morgan fingerprint density at radius 3 is 2.77 bits per heavy atom. The highest BCUT2D eigenvalue weighted by atomic mass is 127. The van der Waals surface area contributed by atoms with Gasteiger partial charge in [-0.2, -0.15) is 0 Å². The highest BCUT2D eigenvalue weighted by Gasteiger charge is 2.27. The fraction of sp³-hybridized carbons (Fsp3) is 0.421. The second-order valence-corrected chi connectivity index (χ2v) is 11.7. The van der Waals surface area contributed by atoms with Crippen LogP contribution in [0.1, 0.15) is 30.4 Å². The van der Waals surface area contributed by atoms with E-state index in [-0.39, 0.29) is 18.3 Å². The molecular formula is C19H21IN6O2S2. The number of benzene rings is 1. The summed E-state index contributed by atoms with van der Waals surface area (Å²) in [6.45, 7) is 0.249. The summed E-state index contributed by atoms with van der Waals surface area (Å²) >= 11 is 3.88. The standard InChI is InChI=1S/C19H21IN6O2S2/c20-14-8-11-2-1-3-12(11)9-15(14)29-19-24-16-17(21)22-10-23-18(16)26(19)6-7-30(27,28)25-13-4-5-13/h8-10,13,25H,1-7H2,(H2,21,22,23). The van der Waals surface area contributed by atoms with Gasteiger partial charge in [-0.15, -0.1) is 0 Å². The van der Waals surface area contributed by atoms with Crippen molar-refractivity contribution in [3.05, 3.63) is 33.2 Å². The van der Waals surface area contributed by atoms with Crippen molar-refractivity contribution in [2.24, 2.45) is 0 Å². The molecule has 0 spiro atoms. The number of hydrogen-bond acceptors (Lipinski definition) is 7. The first-order valence-electron chi connectivity index (χ1n) is 9.85. The van der Waals surface area contributed by atoms with Crippen LogP contribution in [0.25, 0.3) is 11.2 Å². The van der Waals surface area contributed by atoms with Gasteiger partial charge in [0.25, 0.3) is 0 Å². The molecule has 0 bridgehead atoms. The van der Waals surface area contributed by atoms with Crippen molar-refractivity contribution in [1.82, 2.24) is 24.2 Å². The van der Waals surface area contributed by atoms with Gasteiger partial charge in [-0.3, -0.25) is 0 Å². The smallest absolute Gasteiger partial charge is 0.213 e. The molecule has 2 aliphatic rings. The second kappa shape index (κ2) is 7.92. The van der Waals surface area contributed by atoms with Gasteiger partial charge in [0.05, 0.1) is 5.75 Å². The number of fused-ring (bicyclic) bond motifs is 2. The summed E-state index contributed by atoms with van der Waals surface area (Å²) in [4.78, 5) is 14.2. The van der Waals surface area contributed by atoms with E-state index in [1.165, 1.54) is 39.2 Å². The Hall–Kier alpha value is -1.44. The zero-order valence-corrected chi connectivity index (χ0v) is 19.9. The van der Waals surface area contributed by atoms with Crippen molar-refractivity contribution in [3.63, 3.8) is 0 Å². The molecule has 8 nitrogen and oxygen atoms in total. The topological polar surface area (TPSA) is 116 Å². The molecule has 2 aromatic heterocycles. The Bertz CT molecular complexity index is 1240. The number of anilines is 1. The monoisotopic (exact) mass is 556 g/mol. The molecule has 158 valence electrons. The minimum Gasteiger partial charge on any atom is -0.382 e. The van der Waals surface area contributed by atoms with Crippen LogP contribution < -0.4 is 10.5 Å². The third-order valence-corrected chi connectivity index (χ3v) is 9.10. The number of nitrogens with one attached hydrogen (secondary N) is 1. The maximum atomic E-state index is 12.4. The van der Waals surface area contributed by atoms with Crippen LogP contribution in [0, 0.1) is 3.57 Å². The zero-order chi connectivity index (χ0) is 20.9. The Morgan fingerprint density at radius 2 is 2.00 bits per heavy atom. The maximum absolute atomic E-state index is 12.4. The number of halogens is 1. The van der Waals surface area contributed by atoms with E-state index in [9.17, 15) is 8.42 Å². The Balaban J connectivity index is 1.49. The molecule has 11 heteroatoms. The lowest BCUT2D eigenvalue weighted by Gasteiger charge is -2.11. The van der Waals surface area contributed by atoms with Crippen molar-refractivity contribution in [1.29, 1.82) is 0 Å². The van der Waals surface area contributed by atoms with Crippen molar-refractivity contribution in [2.45, 2.75) is 54.7 Å². The van der Waals surface area contributed by atoms with E-state index >= 15 is 0 Å². The molecule has 0 atom stereocenters. The van der Waals surface area contributed by atoms with Gasteiger partial charge in [-0.1, -0.05) is 11.8 Å². The molecule has 0 saturated heterocycles. The molecule has 0 unspecified atom stereocenters. The molecule has 5 rings (SSSR count). The zero-order valence-electron chi connectivity index (χ0n) is 16.1. The third-order valence-electron chi connectivity index (χ3n) is 5.38. The average Bonchev–Trinajstić information content (AvgIpc) is 3.25. The Labute approximate surface area is 192 Å². The number of nitrogen functional groups attached to an aromatic ring is 1. The SMILES string of the molecule is Nc1ncnc2c1nc(Sc1cc3c(cc1I)CCC3)n2CCS(=O)(=O)NC1CC1. The molecule has 2 heterocycles. The maximum Gasteiger partial charge on any atom is 0.213 e. The first kappa shape index (κ1) is 20.5. The van der Waals surface area contributed by atoms with Crippen molar-refractivity contribution in [3.8, 4) is 0 Å². The van der Waals surface area contributed by atoms with Gasteiger partial charge in [-0.05, 0) is 78.0 Å². The van der Waals surface area contributed by atoms with Gasteiger partial charge >= 0.3 is 0 Å². The van der Waals surface area contributed by atoms with Gasteiger partial charge in [0, 0.05) is 21.1 Å². The minimum absolute atomic E-state index is 0.0340. The van der Waals surface area contributed by atoms with E-state index in [0.717, 1.165) is 30.6 Å². The number of imidazole rings is 1. The normalized spacial score (nSPS) is 16.3. The number of nitrogens with zero attached hydrogens (tertiary/aromatic N) is 4. The lowest BCUT2D eigenvalue weighted by molar-refractivity contribution is 0.571. The second-order valence-electron chi connectivity index (χ2n) is 7.70. The molecule has 0 amide bonds. The molecular weight excluding hydrogens is 535 g/mol. The first-order valence-corrected chi connectivity index (χ1v) is 13.4. The number of hydrogen-bond donors (Lipinski definition) is 2. The van der Waals surface area contributed by atoms with Crippen LogP contribution in [-0.4, -0.2) is 39.7 Å². The molecule has 2 aliphatic carbocycles. The van der Waals surface area contributed by atoms with Crippen molar-refractivity contribution in [2.75, 3.05) is 11.5 Å². The molecule has 1 fully saturated rings. The summed E-state index contributed by atoms with van der Waals surface area (Å²) in [5.74, 6) is 0.261. The van der Waals surface area contributed by atoms with Crippen molar-refractivity contribution < 1.29 is 8.42 Å². The van der Waals surface area contributed by atoms with E-state index in [1.807, 2.05) is 4.57 Å². The number of sulfonamides is 1. The predicted octanol–water partition coefficient (Wildman–Crippen LogP) is 2.73. The summed E-state index contributed by atoms with van der Waals surface area (Å²) in [5, 5.41) is 0.676. The quantitative estimate of drug-likeness (QED) is 0.430. The van der Waals surface area contributed by atoms with Gasteiger partial charge < -0.3 is 10.3 Å². The van der Waals surface area contributed by atoms with Crippen LogP contribution in [-0.2, 0) is 29.4 Å². The first-order chi connectivity index (χ1) is 14.4. The number of aromatic nitrogens is 4. The van der Waals surface area contributed by atoms with Gasteiger partial charge in [-0.25, -0.2) is 28.1 Å². The number of aryl methyl sites for hydroxylation is 3. The Morgan fingerprint density at radius 1 is 1.23 bits per heavy atom. The third kappa shape index (κ3) is 4.16. The van der Waals surface area contributed by atoms with Crippen LogP contribution in [0.5, 0.6) is 0 Å². The summed E-state index contributed by atoms with van der Waals surface area (Å²) in [6, 6.07) is 4.57. The average molecular weight is 556 g/mol. The highest BCUT2D eigenvalue weighted by Crippen LogP contribution is 2.37. The van der Waals surface area contributed by atoms with Gasteiger partial charge in [0.2, 0.25) is 10.0 Å². The van der Waals surface area contributed by atoms with Crippen LogP contribution in [0.15, 0.2) is 28.5 Å². The lowest BCUT2D eigenvalue weighted by atomic mass is 10.1. The van der Waals surface area contributed by atoms with Crippen LogP contribution >= 0.6 is 34.4 Å². The lowest BCUT2D eigenvalue weighted by Crippen LogP contribution is -2.30. The van der Waals surface area contributed by atoms with Gasteiger partial charge in [0.15, 0.2) is 22.1 Å². The molecule has 3 N–H and O–H groups in total. The summed E-state index contributed by atoms with van der Waals surface area (Å²) in [7, 11) is -3.36. The molecule has 1 aromatic carbocycles. The van der Waals surface area contributed by atoms with E-state index in [0.29, 0.717) is 22.1 Å². The largest absolute Gasteiger partial charge is 0.382 e. The minimum atomic E-state index is -3.36. The molecule has 0 aliphatic heterocycles. The fourth-order valence-corrected chi connectivity index (χ4v) is 6.81. The molecule has 0 radical (unpaired) electrons. The van der Waals surface area contributed by atoms with E-state index < -0.39 is 10.0 Å². The predicted molar refractivity (Wildman–Crippen MR) is 125 cm³/mol. The van der Waals surface area contributed by atoms with E-state index in [2.05, 4.69) is 54.4 Å². The van der Waals surface area contributed by atoms with E-state index in [4.69, 9.17) is 5.73 Å². The summed E-state index contributed by atoms with van der Waals surface area (Å²) in [6.07, 6.45) is 6.63.